The Labute approximate surface area is 195 Å². The predicted octanol–water partition coefficient (Wildman–Crippen LogP) is 4.63. The van der Waals surface area contributed by atoms with Crippen LogP contribution in [0.4, 0.5) is 0 Å². The number of aromatic nitrogens is 5. The number of carbonyl (C=O) groups is 1. The molecular formula is C23H20Cl2N6O. The van der Waals surface area contributed by atoms with E-state index in [2.05, 4.69) is 26.6 Å². The molecule has 5 rings (SSSR count). The van der Waals surface area contributed by atoms with Gasteiger partial charge in [0.05, 0.1) is 34.7 Å². The molecule has 1 amide bonds. The van der Waals surface area contributed by atoms with E-state index in [0.29, 0.717) is 34.6 Å². The molecule has 0 unspecified atom stereocenters. The van der Waals surface area contributed by atoms with Crippen LogP contribution in [0.2, 0.25) is 10.0 Å². The highest BCUT2D eigenvalue weighted by Gasteiger charge is 2.33. The third-order valence-corrected chi connectivity index (χ3v) is 5.95. The summed E-state index contributed by atoms with van der Waals surface area (Å²) >= 11 is 12.4. The summed E-state index contributed by atoms with van der Waals surface area (Å²) in [6.45, 7) is 1.04. The Hall–Kier alpha value is -3.16. The Morgan fingerprint density at radius 3 is 2.69 bits per heavy atom. The Kier molecular flexibility index (Phi) is 5.68. The molecule has 2 aromatic heterocycles. The molecule has 0 spiro atoms. The van der Waals surface area contributed by atoms with E-state index in [1.54, 1.807) is 34.0 Å². The molecule has 9 heteroatoms. The van der Waals surface area contributed by atoms with Crippen LogP contribution in [0, 0.1) is 0 Å². The smallest absolute Gasteiger partial charge is 0.255 e. The molecule has 2 heterocycles. The van der Waals surface area contributed by atoms with Crippen molar-refractivity contribution in [3.8, 4) is 5.69 Å². The third-order valence-electron chi connectivity index (χ3n) is 5.41. The number of nitrogens with zero attached hydrogens (tertiary/aromatic N) is 5. The number of carbonyl (C=O) groups excluding carboxylic acids is 1. The molecule has 0 atom stereocenters. The van der Waals surface area contributed by atoms with Gasteiger partial charge < -0.3 is 5.32 Å². The van der Waals surface area contributed by atoms with Crippen LogP contribution in [0.1, 0.15) is 45.9 Å². The zero-order valence-electron chi connectivity index (χ0n) is 17.1. The highest BCUT2D eigenvalue weighted by Crippen LogP contribution is 2.43. The summed E-state index contributed by atoms with van der Waals surface area (Å²) in [4.78, 5) is 17.0. The van der Waals surface area contributed by atoms with Gasteiger partial charge in [0.1, 0.15) is 12.7 Å². The molecule has 1 aliphatic rings. The van der Waals surface area contributed by atoms with E-state index in [4.69, 9.17) is 23.2 Å². The van der Waals surface area contributed by atoms with E-state index in [1.165, 1.54) is 6.33 Å². The fraction of sp³-hybridized carbons (Fsp3) is 0.217. The van der Waals surface area contributed by atoms with Crippen molar-refractivity contribution in [2.24, 2.45) is 0 Å². The first-order valence-corrected chi connectivity index (χ1v) is 11.1. The highest BCUT2D eigenvalue weighted by molar-refractivity contribution is 6.35. The van der Waals surface area contributed by atoms with Gasteiger partial charge in [-0.25, -0.2) is 14.3 Å². The van der Waals surface area contributed by atoms with E-state index < -0.39 is 0 Å². The molecule has 0 bridgehead atoms. The maximum absolute atomic E-state index is 13.1. The molecule has 0 aliphatic heterocycles. The van der Waals surface area contributed by atoms with Crippen molar-refractivity contribution in [1.29, 1.82) is 0 Å². The maximum atomic E-state index is 13.1. The molecule has 4 aromatic rings. The fourth-order valence-electron chi connectivity index (χ4n) is 3.74. The summed E-state index contributed by atoms with van der Waals surface area (Å²) in [5, 5.41) is 12.7. The average Bonchev–Trinajstić information content (AvgIpc) is 3.31. The van der Waals surface area contributed by atoms with Gasteiger partial charge in [-0.1, -0.05) is 47.5 Å². The lowest BCUT2D eigenvalue weighted by atomic mass is 10.1. The minimum absolute atomic E-state index is 0.148. The van der Waals surface area contributed by atoms with Crippen LogP contribution in [0.25, 0.3) is 5.69 Å². The first-order valence-electron chi connectivity index (χ1n) is 10.3. The second-order valence-electron chi connectivity index (χ2n) is 7.82. The van der Waals surface area contributed by atoms with Crippen LogP contribution in [0.15, 0.2) is 61.3 Å². The normalized spacial score (nSPS) is 13.3. The quantitative estimate of drug-likeness (QED) is 0.430. The van der Waals surface area contributed by atoms with E-state index in [-0.39, 0.29) is 5.91 Å². The largest absolute Gasteiger partial charge is 0.348 e. The minimum atomic E-state index is -0.148. The Morgan fingerprint density at radius 2 is 1.94 bits per heavy atom. The molecule has 162 valence electrons. The number of hydrogen-bond acceptors (Lipinski definition) is 4. The number of halogens is 2. The van der Waals surface area contributed by atoms with E-state index in [1.807, 2.05) is 24.3 Å². The monoisotopic (exact) mass is 466 g/mol. The van der Waals surface area contributed by atoms with Crippen molar-refractivity contribution < 1.29 is 4.79 Å². The summed E-state index contributed by atoms with van der Waals surface area (Å²) in [7, 11) is 0. The summed E-state index contributed by atoms with van der Waals surface area (Å²) in [6.07, 6.45) is 6.87. The van der Waals surface area contributed by atoms with Gasteiger partial charge in [0, 0.05) is 17.5 Å². The van der Waals surface area contributed by atoms with Crippen molar-refractivity contribution >= 4 is 29.1 Å². The molecule has 2 aromatic carbocycles. The van der Waals surface area contributed by atoms with Gasteiger partial charge >= 0.3 is 0 Å². The highest BCUT2D eigenvalue weighted by atomic mass is 35.5. The van der Waals surface area contributed by atoms with Crippen molar-refractivity contribution in [2.75, 3.05) is 0 Å². The van der Waals surface area contributed by atoms with E-state index >= 15 is 0 Å². The van der Waals surface area contributed by atoms with Crippen molar-refractivity contribution in [2.45, 2.75) is 31.8 Å². The molecule has 32 heavy (non-hydrogen) atoms. The predicted molar refractivity (Wildman–Crippen MR) is 122 cm³/mol. The third kappa shape index (κ3) is 4.40. The van der Waals surface area contributed by atoms with Crippen LogP contribution >= 0.6 is 23.2 Å². The van der Waals surface area contributed by atoms with Gasteiger partial charge in [-0.15, -0.1) is 0 Å². The van der Waals surface area contributed by atoms with Crippen LogP contribution in [0.3, 0.4) is 0 Å². The number of amides is 1. The van der Waals surface area contributed by atoms with E-state index in [0.717, 1.165) is 35.3 Å². The molecule has 7 nitrogen and oxygen atoms in total. The standard InChI is InChI=1S/C23H20Cl2N6O/c24-18-6-7-21(20(25)9-18)31-22(17-4-5-17)19(11-28-31)23(32)27-10-15-2-1-3-16(8-15)12-30-14-26-13-29-30/h1-3,6-9,11,13-14,17H,4-5,10,12H2,(H,27,32). The first-order chi connectivity index (χ1) is 15.6. The van der Waals surface area contributed by atoms with Crippen LogP contribution in [0.5, 0.6) is 0 Å². The molecule has 1 N–H and O–H groups in total. The number of nitrogens with one attached hydrogen (secondary N) is 1. The van der Waals surface area contributed by atoms with Crippen LogP contribution in [-0.4, -0.2) is 30.5 Å². The number of rotatable bonds is 7. The zero-order valence-corrected chi connectivity index (χ0v) is 18.6. The van der Waals surface area contributed by atoms with Gasteiger partial charge in [0.25, 0.3) is 5.91 Å². The Bertz CT molecular complexity index is 1260. The lowest BCUT2D eigenvalue weighted by molar-refractivity contribution is 0.0950. The molecular weight excluding hydrogens is 447 g/mol. The van der Waals surface area contributed by atoms with Crippen molar-refractivity contribution in [3.05, 3.63) is 93.7 Å². The number of hydrogen-bond donors (Lipinski definition) is 1. The van der Waals surface area contributed by atoms with E-state index in [9.17, 15) is 4.79 Å². The molecule has 1 aliphatic carbocycles. The van der Waals surface area contributed by atoms with Gasteiger partial charge in [-0.2, -0.15) is 10.2 Å². The van der Waals surface area contributed by atoms with Crippen molar-refractivity contribution in [1.82, 2.24) is 29.9 Å². The Balaban J connectivity index is 1.34. The van der Waals surface area contributed by atoms with Gasteiger partial charge in [0.2, 0.25) is 0 Å². The fourth-order valence-corrected chi connectivity index (χ4v) is 4.23. The Morgan fingerprint density at radius 1 is 1.09 bits per heavy atom. The first kappa shape index (κ1) is 20.7. The van der Waals surface area contributed by atoms with Gasteiger partial charge in [0.15, 0.2) is 0 Å². The molecule has 1 saturated carbocycles. The number of benzene rings is 2. The zero-order chi connectivity index (χ0) is 22.1. The summed E-state index contributed by atoms with van der Waals surface area (Å²) in [5.41, 5.74) is 4.30. The minimum Gasteiger partial charge on any atom is -0.348 e. The second kappa shape index (κ2) is 8.76. The second-order valence-corrected chi connectivity index (χ2v) is 8.66. The summed E-state index contributed by atoms with van der Waals surface area (Å²) in [6, 6.07) is 13.3. The van der Waals surface area contributed by atoms with Crippen LogP contribution in [-0.2, 0) is 13.1 Å². The van der Waals surface area contributed by atoms with Gasteiger partial charge in [-0.3, -0.25) is 4.79 Å². The average molecular weight is 467 g/mol. The summed E-state index contributed by atoms with van der Waals surface area (Å²) < 4.78 is 3.53. The lowest BCUT2D eigenvalue weighted by Crippen LogP contribution is -2.24. The summed E-state index contributed by atoms with van der Waals surface area (Å²) in [5.74, 6) is 0.154. The topological polar surface area (TPSA) is 77.6 Å². The van der Waals surface area contributed by atoms with Gasteiger partial charge in [-0.05, 0) is 42.2 Å². The molecule has 0 radical (unpaired) electrons. The van der Waals surface area contributed by atoms with Crippen LogP contribution < -0.4 is 5.32 Å². The lowest BCUT2D eigenvalue weighted by Gasteiger charge is -2.11. The molecule has 1 fully saturated rings. The maximum Gasteiger partial charge on any atom is 0.255 e. The molecule has 0 saturated heterocycles. The van der Waals surface area contributed by atoms with Crippen molar-refractivity contribution in [3.63, 3.8) is 0 Å². The SMILES string of the molecule is O=C(NCc1cccc(Cn2cncn2)c1)c1cnn(-c2ccc(Cl)cc2Cl)c1C1CC1.